The van der Waals surface area contributed by atoms with Crippen LogP contribution in [0.5, 0.6) is 0 Å². The molecule has 1 aromatic heterocycles. The lowest BCUT2D eigenvalue weighted by Crippen LogP contribution is -2.10. The molecule has 27 heavy (non-hydrogen) atoms. The van der Waals surface area contributed by atoms with Crippen LogP contribution in [0.15, 0.2) is 23.4 Å². The number of benzene rings is 1. The van der Waals surface area contributed by atoms with Gasteiger partial charge in [-0.25, -0.2) is 8.42 Å². The van der Waals surface area contributed by atoms with E-state index in [2.05, 4.69) is 16.3 Å². The SMILES string of the molecule is Cn1c(SCC(=O)c2ccc3c(c2)CCCC3)nnc1C1CCS(=O)(=O)C1. The average Bonchev–Trinajstić information content (AvgIpc) is 3.21. The van der Waals surface area contributed by atoms with Gasteiger partial charge in [-0.05, 0) is 49.3 Å². The molecule has 8 heteroatoms. The maximum absolute atomic E-state index is 12.6. The second-order valence-electron chi connectivity index (χ2n) is 7.40. The van der Waals surface area contributed by atoms with Crippen LogP contribution in [-0.4, -0.2) is 46.2 Å². The third kappa shape index (κ3) is 3.96. The Morgan fingerprint density at radius 2 is 2.00 bits per heavy atom. The Kier molecular flexibility index (Phi) is 5.11. The van der Waals surface area contributed by atoms with Crippen molar-refractivity contribution in [1.29, 1.82) is 0 Å². The molecule has 6 nitrogen and oxygen atoms in total. The molecule has 1 unspecified atom stereocenters. The second-order valence-corrected chi connectivity index (χ2v) is 10.6. The largest absolute Gasteiger partial charge is 0.309 e. The Bertz CT molecular complexity index is 982. The number of rotatable bonds is 5. The summed E-state index contributed by atoms with van der Waals surface area (Å²) < 4.78 is 25.2. The minimum Gasteiger partial charge on any atom is -0.309 e. The first kappa shape index (κ1) is 18.7. The van der Waals surface area contributed by atoms with E-state index in [-0.39, 0.29) is 23.2 Å². The zero-order valence-electron chi connectivity index (χ0n) is 15.3. The van der Waals surface area contributed by atoms with Crippen LogP contribution < -0.4 is 0 Å². The van der Waals surface area contributed by atoms with E-state index in [0.717, 1.165) is 18.4 Å². The van der Waals surface area contributed by atoms with Gasteiger partial charge in [0, 0.05) is 18.5 Å². The van der Waals surface area contributed by atoms with Gasteiger partial charge < -0.3 is 4.57 Å². The summed E-state index contributed by atoms with van der Waals surface area (Å²) in [6.07, 6.45) is 5.18. The van der Waals surface area contributed by atoms with Crippen molar-refractivity contribution in [1.82, 2.24) is 14.8 Å². The lowest BCUT2D eigenvalue weighted by Gasteiger charge is -2.16. The van der Waals surface area contributed by atoms with E-state index in [9.17, 15) is 13.2 Å². The number of aromatic nitrogens is 3. The highest BCUT2D eigenvalue weighted by Gasteiger charge is 2.32. The summed E-state index contributed by atoms with van der Waals surface area (Å²) in [5, 5.41) is 9.01. The first-order valence-electron chi connectivity index (χ1n) is 9.30. The fourth-order valence-corrected chi connectivity index (χ4v) is 6.48. The number of aryl methyl sites for hydroxylation is 2. The van der Waals surface area contributed by atoms with Crippen LogP contribution in [0, 0.1) is 0 Å². The molecule has 0 N–H and O–H groups in total. The molecular formula is C19H23N3O3S2. The van der Waals surface area contributed by atoms with Crippen LogP contribution in [0.2, 0.25) is 0 Å². The molecule has 0 radical (unpaired) electrons. The van der Waals surface area contributed by atoms with E-state index in [0.29, 0.717) is 23.2 Å². The van der Waals surface area contributed by atoms with Crippen LogP contribution in [0.25, 0.3) is 0 Å². The Labute approximate surface area is 163 Å². The Morgan fingerprint density at radius 3 is 2.74 bits per heavy atom. The fourth-order valence-electron chi connectivity index (χ4n) is 3.93. The number of sulfone groups is 1. The molecule has 2 aliphatic rings. The van der Waals surface area contributed by atoms with Gasteiger partial charge in [0.25, 0.3) is 0 Å². The molecule has 1 aromatic carbocycles. The highest BCUT2D eigenvalue weighted by Crippen LogP contribution is 2.29. The highest BCUT2D eigenvalue weighted by atomic mass is 32.2. The summed E-state index contributed by atoms with van der Waals surface area (Å²) in [6, 6.07) is 6.06. The number of fused-ring (bicyclic) bond motifs is 1. The Morgan fingerprint density at radius 1 is 1.22 bits per heavy atom. The molecule has 1 atom stereocenters. The van der Waals surface area contributed by atoms with Crippen molar-refractivity contribution in [2.45, 2.75) is 43.2 Å². The molecule has 1 saturated heterocycles. The summed E-state index contributed by atoms with van der Waals surface area (Å²) in [6.45, 7) is 0. The zero-order valence-corrected chi connectivity index (χ0v) is 17.0. The van der Waals surface area contributed by atoms with Gasteiger partial charge >= 0.3 is 0 Å². The Hall–Kier alpha value is -1.67. The molecule has 4 rings (SSSR count). The van der Waals surface area contributed by atoms with Crippen molar-refractivity contribution in [3.8, 4) is 0 Å². The van der Waals surface area contributed by atoms with Gasteiger partial charge in [-0.2, -0.15) is 0 Å². The minimum absolute atomic E-state index is 0.0846. The highest BCUT2D eigenvalue weighted by molar-refractivity contribution is 7.99. The number of ketones is 1. The van der Waals surface area contributed by atoms with Crippen molar-refractivity contribution in [3.63, 3.8) is 0 Å². The number of Topliss-reactive ketones (excluding diaryl/α,β-unsaturated/α-hetero) is 1. The maximum Gasteiger partial charge on any atom is 0.191 e. The first-order valence-corrected chi connectivity index (χ1v) is 12.1. The lowest BCUT2D eigenvalue weighted by atomic mass is 9.90. The summed E-state index contributed by atoms with van der Waals surface area (Å²) in [7, 11) is -1.12. The monoisotopic (exact) mass is 405 g/mol. The van der Waals surface area contributed by atoms with Crippen LogP contribution >= 0.6 is 11.8 Å². The number of nitrogens with zero attached hydrogens (tertiary/aromatic N) is 3. The van der Waals surface area contributed by atoms with E-state index < -0.39 is 9.84 Å². The van der Waals surface area contributed by atoms with Gasteiger partial charge in [-0.3, -0.25) is 4.79 Å². The molecule has 0 saturated carbocycles. The van der Waals surface area contributed by atoms with Crippen molar-refractivity contribution in [2.75, 3.05) is 17.3 Å². The van der Waals surface area contributed by atoms with Gasteiger partial charge in [-0.15, -0.1) is 10.2 Å². The molecule has 144 valence electrons. The van der Waals surface area contributed by atoms with E-state index >= 15 is 0 Å². The number of hydrogen-bond acceptors (Lipinski definition) is 6. The summed E-state index contributed by atoms with van der Waals surface area (Å²) in [5.74, 6) is 1.33. The molecule has 1 aliphatic heterocycles. The topological polar surface area (TPSA) is 81.9 Å². The maximum atomic E-state index is 12.6. The van der Waals surface area contributed by atoms with Gasteiger partial charge in [0.15, 0.2) is 20.8 Å². The molecule has 1 aliphatic carbocycles. The predicted octanol–water partition coefficient (Wildman–Crippen LogP) is 2.57. The first-order chi connectivity index (χ1) is 12.9. The van der Waals surface area contributed by atoms with E-state index in [1.165, 1.54) is 35.7 Å². The third-order valence-corrected chi connectivity index (χ3v) is 8.26. The van der Waals surface area contributed by atoms with Gasteiger partial charge in [0.1, 0.15) is 5.82 Å². The standard InChI is InChI=1S/C19H23N3O3S2/c1-22-18(16-8-9-27(24,25)12-16)20-21-19(22)26-11-17(23)15-7-6-13-4-2-3-5-14(13)10-15/h6-7,10,16H,2-5,8-9,11-12H2,1H3. The van der Waals surface area contributed by atoms with Gasteiger partial charge in [0.2, 0.25) is 0 Å². The number of hydrogen-bond donors (Lipinski definition) is 0. The summed E-state index contributed by atoms with van der Waals surface area (Å²) >= 11 is 1.36. The molecule has 2 aromatic rings. The van der Waals surface area contributed by atoms with Crippen molar-refractivity contribution < 1.29 is 13.2 Å². The average molecular weight is 406 g/mol. The predicted molar refractivity (Wildman–Crippen MR) is 105 cm³/mol. The van der Waals surface area contributed by atoms with Crippen LogP contribution in [0.1, 0.15) is 52.5 Å². The van der Waals surface area contributed by atoms with Crippen molar-refractivity contribution in [2.24, 2.45) is 7.05 Å². The fraction of sp³-hybridized carbons (Fsp3) is 0.526. The van der Waals surface area contributed by atoms with Crippen LogP contribution in [0.3, 0.4) is 0 Å². The molecule has 0 amide bonds. The van der Waals surface area contributed by atoms with Crippen molar-refractivity contribution in [3.05, 3.63) is 40.7 Å². The molecule has 1 fully saturated rings. The number of thioether (sulfide) groups is 1. The van der Waals surface area contributed by atoms with E-state index in [1.807, 2.05) is 23.7 Å². The van der Waals surface area contributed by atoms with Crippen LogP contribution in [0.4, 0.5) is 0 Å². The number of carbonyl (C=O) groups is 1. The molecular weight excluding hydrogens is 382 g/mol. The summed E-state index contributed by atoms with van der Waals surface area (Å²) in [4.78, 5) is 12.6. The zero-order chi connectivity index (χ0) is 19.0. The van der Waals surface area contributed by atoms with E-state index in [1.54, 1.807) is 0 Å². The van der Waals surface area contributed by atoms with Crippen LogP contribution in [-0.2, 0) is 29.7 Å². The third-order valence-electron chi connectivity index (χ3n) is 5.47. The smallest absolute Gasteiger partial charge is 0.191 e. The lowest BCUT2D eigenvalue weighted by molar-refractivity contribution is 0.102. The normalized spacial score (nSPS) is 21.1. The molecule has 2 heterocycles. The Balaban J connectivity index is 1.42. The quantitative estimate of drug-likeness (QED) is 0.562. The van der Waals surface area contributed by atoms with Gasteiger partial charge in [0.05, 0.1) is 17.3 Å². The summed E-state index contributed by atoms with van der Waals surface area (Å²) in [5.41, 5.74) is 3.43. The van der Waals surface area contributed by atoms with Crippen molar-refractivity contribution >= 4 is 27.4 Å². The van der Waals surface area contributed by atoms with Gasteiger partial charge in [-0.1, -0.05) is 23.9 Å². The molecule has 0 spiro atoms. The van der Waals surface area contributed by atoms with E-state index in [4.69, 9.17) is 0 Å². The number of carbonyl (C=O) groups excluding carboxylic acids is 1. The second kappa shape index (κ2) is 7.39. The molecule has 0 bridgehead atoms. The minimum atomic E-state index is -2.96.